The third-order valence-electron chi connectivity index (χ3n) is 2.32. The summed E-state index contributed by atoms with van der Waals surface area (Å²) in [5, 5.41) is 18.4. The van der Waals surface area contributed by atoms with Gasteiger partial charge in [0, 0.05) is 0 Å². The third kappa shape index (κ3) is 2.24. The topological polar surface area (TPSA) is 88.1 Å². The van der Waals surface area contributed by atoms with Crippen LogP contribution in [0.1, 0.15) is 17.4 Å². The van der Waals surface area contributed by atoms with Crippen LogP contribution in [0, 0.1) is 11.6 Å². The van der Waals surface area contributed by atoms with Gasteiger partial charge in [-0.05, 0) is 19.1 Å². The van der Waals surface area contributed by atoms with E-state index < -0.39 is 28.9 Å². The molecule has 0 aliphatic carbocycles. The lowest BCUT2D eigenvalue weighted by Crippen LogP contribution is -2.07. The number of rotatable bonds is 3. The molecule has 0 bridgehead atoms. The first-order valence-corrected chi connectivity index (χ1v) is 5.31. The summed E-state index contributed by atoms with van der Waals surface area (Å²) in [6.07, 6.45) is 0. The van der Waals surface area contributed by atoms with E-state index in [1.807, 2.05) is 0 Å². The zero-order valence-electron chi connectivity index (χ0n) is 9.78. The Bertz CT molecular complexity index is 628. The number of esters is 1. The molecule has 1 aromatic heterocycles. The fourth-order valence-electron chi connectivity index (χ4n) is 1.51. The van der Waals surface area contributed by atoms with Crippen molar-refractivity contribution in [2.75, 3.05) is 6.61 Å². The number of phenolic OH excluding ortho intramolecular Hbond substituents is 1. The molecular formula is C11H9F2N3O3. The van der Waals surface area contributed by atoms with Crippen LogP contribution in [0.25, 0.3) is 11.3 Å². The maximum Gasteiger partial charge on any atom is 0.361 e. The van der Waals surface area contributed by atoms with Crippen LogP contribution in [-0.4, -0.2) is 33.1 Å². The van der Waals surface area contributed by atoms with Gasteiger partial charge in [-0.2, -0.15) is 10.3 Å². The number of H-pyrrole nitrogens is 1. The molecule has 0 unspecified atom stereocenters. The van der Waals surface area contributed by atoms with E-state index in [1.54, 1.807) is 6.92 Å². The molecule has 0 saturated carbocycles. The minimum absolute atomic E-state index is 0.0795. The molecule has 0 aliphatic heterocycles. The lowest BCUT2D eigenvalue weighted by molar-refractivity contribution is 0.0520. The SMILES string of the molecule is CCOC(=O)c1n[nH]nc1-c1c(F)ccc(O)c1F. The molecule has 0 amide bonds. The van der Waals surface area contributed by atoms with Gasteiger partial charge in [-0.3, -0.25) is 0 Å². The highest BCUT2D eigenvalue weighted by Crippen LogP contribution is 2.31. The number of aromatic nitrogens is 3. The average molecular weight is 269 g/mol. The maximum atomic E-state index is 13.7. The Kier molecular flexibility index (Phi) is 3.41. The molecule has 2 aromatic rings. The highest BCUT2D eigenvalue weighted by Gasteiger charge is 2.25. The van der Waals surface area contributed by atoms with Gasteiger partial charge in [0.05, 0.1) is 12.2 Å². The smallest absolute Gasteiger partial charge is 0.361 e. The first-order valence-electron chi connectivity index (χ1n) is 5.31. The summed E-state index contributed by atoms with van der Waals surface area (Å²) in [6, 6.07) is 1.72. The number of hydrogen-bond donors (Lipinski definition) is 2. The van der Waals surface area contributed by atoms with Crippen molar-refractivity contribution in [2.24, 2.45) is 0 Å². The van der Waals surface area contributed by atoms with Gasteiger partial charge in [0.1, 0.15) is 11.5 Å². The van der Waals surface area contributed by atoms with Crippen molar-refractivity contribution in [2.45, 2.75) is 6.92 Å². The second kappa shape index (κ2) is 5.01. The molecule has 8 heteroatoms. The third-order valence-corrected chi connectivity index (χ3v) is 2.32. The van der Waals surface area contributed by atoms with Crippen LogP contribution < -0.4 is 0 Å². The highest BCUT2D eigenvalue weighted by molar-refractivity contribution is 5.94. The number of nitrogens with one attached hydrogen (secondary N) is 1. The molecule has 100 valence electrons. The quantitative estimate of drug-likeness (QED) is 0.827. The highest BCUT2D eigenvalue weighted by atomic mass is 19.1. The predicted molar refractivity (Wildman–Crippen MR) is 59.4 cm³/mol. The van der Waals surface area contributed by atoms with Gasteiger partial charge in [0.2, 0.25) is 0 Å². The molecule has 0 aliphatic rings. The van der Waals surface area contributed by atoms with Crippen LogP contribution in [0.3, 0.4) is 0 Å². The Morgan fingerprint density at radius 3 is 2.84 bits per heavy atom. The van der Waals surface area contributed by atoms with Gasteiger partial charge >= 0.3 is 5.97 Å². The summed E-state index contributed by atoms with van der Waals surface area (Å²) >= 11 is 0. The van der Waals surface area contributed by atoms with Crippen LogP contribution in [0.5, 0.6) is 5.75 Å². The zero-order chi connectivity index (χ0) is 14.0. The number of nitrogens with zero attached hydrogens (tertiary/aromatic N) is 2. The summed E-state index contributed by atoms with van der Waals surface area (Å²) in [5.41, 5.74) is -1.36. The van der Waals surface area contributed by atoms with E-state index in [1.165, 1.54) is 0 Å². The van der Waals surface area contributed by atoms with Crippen molar-refractivity contribution in [3.05, 3.63) is 29.5 Å². The number of carbonyl (C=O) groups excluding carboxylic acids is 1. The second-order valence-corrected chi connectivity index (χ2v) is 3.50. The second-order valence-electron chi connectivity index (χ2n) is 3.50. The summed E-state index contributed by atoms with van der Waals surface area (Å²) in [5.74, 6) is -3.82. The molecule has 0 spiro atoms. The first-order chi connectivity index (χ1) is 9.06. The molecule has 0 saturated heterocycles. The van der Waals surface area contributed by atoms with E-state index in [-0.39, 0.29) is 18.0 Å². The molecule has 2 rings (SSSR count). The van der Waals surface area contributed by atoms with E-state index >= 15 is 0 Å². The van der Waals surface area contributed by atoms with Crippen molar-refractivity contribution < 1.29 is 23.4 Å². The molecule has 0 fully saturated rings. The van der Waals surface area contributed by atoms with Crippen molar-refractivity contribution in [1.82, 2.24) is 15.4 Å². The van der Waals surface area contributed by atoms with Crippen LogP contribution in [0.15, 0.2) is 12.1 Å². The van der Waals surface area contributed by atoms with Crippen LogP contribution in [0.4, 0.5) is 8.78 Å². The van der Waals surface area contributed by atoms with E-state index in [9.17, 15) is 18.7 Å². The monoisotopic (exact) mass is 269 g/mol. The number of aromatic hydroxyl groups is 1. The van der Waals surface area contributed by atoms with Crippen molar-refractivity contribution in [3.8, 4) is 17.0 Å². The number of phenols is 1. The summed E-state index contributed by atoms with van der Waals surface area (Å²) < 4.78 is 32.1. The molecule has 19 heavy (non-hydrogen) atoms. The van der Waals surface area contributed by atoms with Gasteiger partial charge in [0.25, 0.3) is 0 Å². The lowest BCUT2D eigenvalue weighted by Gasteiger charge is -2.05. The molecular weight excluding hydrogens is 260 g/mol. The Balaban J connectivity index is 2.58. The molecule has 1 aromatic carbocycles. The van der Waals surface area contributed by atoms with Gasteiger partial charge in [-0.1, -0.05) is 0 Å². The molecule has 2 N–H and O–H groups in total. The largest absolute Gasteiger partial charge is 0.505 e. The Hall–Kier alpha value is -2.51. The number of ether oxygens (including phenoxy) is 1. The number of aromatic amines is 1. The van der Waals surface area contributed by atoms with E-state index in [0.717, 1.165) is 12.1 Å². The number of carbonyl (C=O) groups is 1. The van der Waals surface area contributed by atoms with Crippen LogP contribution in [-0.2, 0) is 4.74 Å². The normalized spacial score (nSPS) is 10.5. The van der Waals surface area contributed by atoms with E-state index in [0.29, 0.717) is 0 Å². The Morgan fingerprint density at radius 2 is 2.16 bits per heavy atom. The summed E-state index contributed by atoms with van der Waals surface area (Å²) in [6.45, 7) is 1.66. The van der Waals surface area contributed by atoms with Gasteiger partial charge in [-0.25, -0.2) is 13.6 Å². The van der Waals surface area contributed by atoms with E-state index in [4.69, 9.17) is 0 Å². The average Bonchev–Trinajstić information content (AvgIpc) is 2.84. The van der Waals surface area contributed by atoms with Crippen LogP contribution in [0.2, 0.25) is 0 Å². The van der Waals surface area contributed by atoms with E-state index in [2.05, 4.69) is 20.1 Å². The molecule has 0 radical (unpaired) electrons. The Morgan fingerprint density at radius 1 is 1.42 bits per heavy atom. The molecule has 1 heterocycles. The van der Waals surface area contributed by atoms with Crippen molar-refractivity contribution in [3.63, 3.8) is 0 Å². The first kappa shape index (κ1) is 12.9. The van der Waals surface area contributed by atoms with Crippen molar-refractivity contribution in [1.29, 1.82) is 0 Å². The molecule has 6 nitrogen and oxygen atoms in total. The number of halogens is 2. The van der Waals surface area contributed by atoms with Gasteiger partial charge in [0.15, 0.2) is 17.3 Å². The fourth-order valence-corrected chi connectivity index (χ4v) is 1.51. The molecule has 0 atom stereocenters. The predicted octanol–water partition coefficient (Wildman–Crippen LogP) is 1.63. The minimum Gasteiger partial charge on any atom is -0.505 e. The fraction of sp³-hybridized carbons (Fsp3) is 0.182. The van der Waals surface area contributed by atoms with Gasteiger partial charge in [-0.15, -0.1) is 5.10 Å². The Labute approximate surface area is 106 Å². The number of benzene rings is 1. The summed E-state index contributed by atoms with van der Waals surface area (Å²) in [4.78, 5) is 11.6. The minimum atomic E-state index is -1.22. The van der Waals surface area contributed by atoms with Crippen molar-refractivity contribution >= 4 is 5.97 Å². The summed E-state index contributed by atoms with van der Waals surface area (Å²) in [7, 11) is 0. The maximum absolute atomic E-state index is 13.7. The zero-order valence-corrected chi connectivity index (χ0v) is 9.78. The number of hydrogen-bond acceptors (Lipinski definition) is 5. The van der Waals surface area contributed by atoms with Gasteiger partial charge < -0.3 is 9.84 Å². The standard InChI is InChI=1S/C11H9F2N3O3/c1-2-19-11(18)10-9(14-16-15-10)7-5(12)3-4-6(17)8(7)13/h3-4,17H,2H2,1H3,(H,14,15,16). The van der Waals surface area contributed by atoms with Crippen LogP contribution >= 0.6 is 0 Å². The lowest BCUT2D eigenvalue weighted by atomic mass is 10.1.